The van der Waals surface area contributed by atoms with Gasteiger partial charge in [0.25, 0.3) is 11.8 Å². The Kier molecular flexibility index (Phi) is 9.80. The zero-order chi connectivity index (χ0) is 31.1. The molecule has 4 amide bonds. The third-order valence-electron chi connectivity index (χ3n) is 7.64. The molecule has 1 saturated heterocycles. The van der Waals surface area contributed by atoms with Crippen molar-refractivity contribution in [1.82, 2.24) is 34.4 Å². The van der Waals surface area contributed by atoms with Crippen LogP contribution in [0.1, 0.15) is 46.4 Å². The third kappa shape index (κ3) is 6.79. The lowest BCUT2D eigenvalue weighted by Gasteiger charge is -2.38. The van der Waals surface area contributed by atoms with Gasteiger partial charge in [-0.1, -0.05) is 11.6 Å². The number of alkyl halides is 3. The van der Waals surface area contributed by atoms with Crippen molar-refractivity contribution < 1.29 is 27.6 Å². The van der Waals surface area contributed by atoms with E-state index in [0.717, 1.165) is 12.8 Å². The average molecular weight is 659 g/mol. The topological polar surface area (TPSA) is 143 Å². The molecule has 0 atom stereocenters. The molecule has 1 saturated carbocycles. The highest BCUT2D eigenvalue weighted by Gasteiger charge is 2.38. The largest absolute Gasteiger partial charge is 0.435 e. The highest BCUT2D eigenvalue weighted by molar-refractivity contribution is 6.34. The van der Waals surface area contributed by atoms with Crippen LogP contribution in [0.25, 0.3) is 11.3 Å². The molecule has 44 heavy (non-hydrogen) atoms. The number of aryl methyl sites for hydroxylation is 1. The number of carbonyl (C=O) groups excluding carboxylic acids is 3. The number of nitrogens with zero attached hydrogens (tertiary/aromatic N) is 6. The standard InChI is InChI=1S/C27H31ClF3N9O3.ClH/c1-3-40-14-19(22(36-40)27(29,30)31)21-13-33-23(37(21)2)24(41)34-16-4-5-18(20(28)12-16)25(42)38-6-8-39(9-7-38)26(43)35-17-10-15(32)11-17;/h4-5,12-15,17H,3,6-11,32H2,1-2H3,(H,34,41)(H,35,43);1H. The van der Waals surface area contributed by atoms with Crippen molar-refractivity contribution in [3.63, 3.8) is 0 Å². The van der Waals surface area contributed by atoms with Crippen LogP contribution in [0, 0.1) is 0 Å². The summed E-state index contributed by atoms with van der Waals surface area (Å²) in [4.78, 5) is 45.9. The second kappa shape index (κ2) is 13.0. The van der Waals surface area contributed by atoms with Crippen LogP contribution in [0.2, 0.25) is 5.02 Å². The molecule has 1 aliphatic carbocycles. The van der Waals surface area contributed by atoms with Gasteiger partial charge in [-0.15, -0.1) is 12.4 Å². The first-order chi connectivity index (χ1) is 20.3. The van der Waals surface area contributed by atoms with Gasteiger partial charge in [0.15, 0.2) is 11.5 Å². The molecular weight excluding hydrogens is 626 g/mol. The number of nitrogens with two attached hydrogens (primary N) is 1. The molecule has 3 aromatic rings. The van der Waals surface area contributed by atoms with Gasteiger partial charge >= 0.3 is 12.2 Å². The molecule has 12 nitrogen and oxygen atoms in total. The molecule has 2 fully saturated rings. The summed E-state index contributed by atoms with van der Waals surface area (Å²) in [7, 11) is 1.43. The van der Waals surface area contributed by atoms with Crippen LogP contribution in [0.15, 0.2) is 30.6 Å². The van der Waals surface area contributed by atoms with E-state index in [1.807, 2.05) is 0 Å². The first kappa shape index (κ1) is 33.1. The molecular formula is C27H32Cl2F3N9O3. The second-order valence-corrected chi connectivity index (χ2v) is 11.0. The minimum atomic E-state index is -4.69. The first-order valence-corrected chi connectivity index (χ1v) is 14.1. The van der Waals surface area contributed by atoms with Crippen molar-refractivity contribution in [3.8, 4) is 11.3 Å². The molecule has 0 bridgehead atoms. The van der Waals surface area contributed by atoms with Crippen LogP contribution in [0.5, 0.6) is 0 Å². The van der Waals surface area contributed by atoms with E-state index in [4.69, 9.17) is 17.3 Å². The lowest BCUT2D eigenvalue weighted by molar-refractivity contribution is -0.141. The molecule has 1 aromatic carbocycles. The molecule has 3 heterocycles. The van der Waals surface area contributed by atoms with Crippen molar-refractivity contribution in [3.05, 3.63) is 52.7 Å². The van der Waals surface area contributed by atoms with E-state index in [1.165, 1.54) is 46.9 Å². The van der Waals surface area contributed by atoms with Gasteiger partial charge in [0.05, 0.1) is 28.0 Å². The van der Waals surface area contributed by atoms with Crippen molar-refractivity contribution in [2.45, 2.75) is 44.6 Å². The molecule has 2 aromatic heterocycles. The number of hydrogen-bond donors (Lipinski definition) is 3. The van der Waals surface area contributed by atoms with Crippen LogP contribution < -0.4 is 16.4 Å². The summed E-state index contributed by atoms with van der Waals surface area (Å²) in [6.07, 6.45) is -0.725. The number of amides is 4. The van der Waals surface area contributed by atoms with Crippen LogP contribution in [0.4, 0.5) is 23.7 Å². The van der Waals surface area contributed by atoms with Gasteiger partial charge in [0.1, 0.15) is 0 Å². The second-order valence-electron chi connectivity index (χ2n) is 10.6. The Bertz CT molecular complexity index is 1540. The maximum absolute atomic E-state index is 13.6. The van der Waals surface area contributed by atoms with Gasteiger partial charge in [-0.05, 0) is 38.0 Å². The summed E-state index contributed by atoms with van der Waals surface area (Å²) in [5.41, 5.74) is 5.07. The van der Waals surface area contributed by atoms with Crippen LogP contribution in [-0.4, -0.2) is 85.2 Å². The molecule has 0 spiro atoms. The van der Waals surface area contributed by atoms with E-state index in [2.05, 4.69) is 20.7 Å². The first-order valence-electron chi connectivity index (χ1n) is 13.7. The average Bonchev–Trinajstić information content (AvgIpc) is 3.55. The number of benzene rings is 1. The number of urea groups is 1. The molecule has 238 valence electrons. The number of halogens is 5. The number of carbonyl (C=O) groups is 3. The van der Waals surface area contributed by atoms with Gasteiger partial charge in [0, 0.05) is 63.7 Å². The van der Waals surface area contributed by atoms with Crippen LogP contribution in [0.3, 0.4) is 0 Å². The van der Waals surface area contributed by atoms with Crippen molar-refractivity contribution >= 4 is 47.5 Å². The van der Waals surface area contributed by atoms with Crippen LogP contribution in [-0.2, 0) is 19.8 Å². The fourth-order valence-corrected chi connectivity index (χ4v) is 5.39. The van der Waals surface area contributed by atoms with E-state index < -0.39 is 17.8 Å². The maximum atomic E-state index is 13.6. The fraction of sp³-hybridized carbons (Fsp3) is 0.444. The number of aromatic nitrogens is 4. The maximum Gasteiger partial charge on any atom is 0.435 e. The summed E-state index contributed by atoms with van der Waals surface area (Å²) < 4.78 is 43.2. The van der Waals surface area contributed by atoms with E-state index in [0.29, 0.717) is 26.2 Å². The Morgan fingerprint density at radius 3 is 2.36 bits per heavy atom. The highest BCUT2D eigenvalue weighted by atomic mass is 35.5. The van der Waals surface area contributed by atoms with Crippen molar-refractivity contribution in [2.75, 3.05) is 31.5 Å². The summed E-state index contributed by atoms with van der Waals surface area (Å²) in [6.45, 7) is 3.31. The van der Waals surface area contributed by atoms with Gasteiger partial charge in [-0.3, -0.25) is 14.3 Å². The lowest BCUT2D eigenvalue weighted by atomic mass is 9.88. The minimum Gasteiger partial charge on any atom is -0.335 e. The zero-order valence-electron chi connectivity index (χ0n) is 23.9. The predicted octanol–water partition coefficient (Wildman–Crippen LogP) is 3.61. The number of nitrogens with one attached hydrogen (secondary N) is 2. The molecule has 0 radical (unpaired) electrons. The molecule has 5 rings (SSSR count). The Labute approximate surface area is 262 Å². The monoisotopic (exact) mass is 657 g/mol. The molecule has 17 heteroatoms. The van der Waals surface area contributed by atoms with Crippen molar-refractivity contribution in [2.24, 2.45) is 12.8 Å². The van der Waals surface area contributed by atoms with E-state index in [-0.39, 0.29) is 76.3 Å². The summed E-state index contributed by atoms with van der Waals surface area (Å²) in [6, 6.07) is 4.45. The Morgan fingerprint density at radius 1 is 1.11 bits per heavy atom. The van der Waals surface area contributed by atoms with E-state index >= 15 is 0 Å². The van der Waals surface area contributed by atoms with E-state index in [1.54, 1.807) is 16.7 Å². The molecule has 2 aliphatic rings. The van der Waals surface area contributed by atoms with Gasteiger partial charge < -0.3 is 30.7 Å². The SMILES string of the molecule is CCn1cc(-c2cnc(C(=O)Nc3ccc(C(=O)N4CCN(C(=O)NC5CC(N)C5)CC4)c(Cl)c3)n2C)c(C(F)(F)F)n1.Cl. The summed E-state index contributed by atoms with van der Waals surface area (Å²) >= 11 is 6.41. The highest BCUT2D eigenvalue weighted by Crippen LogP contribution is 2.36. The fourth-order valence-electron chi connectivity index (χ4n) is 5.13. The lowest BCUT2D eigenvalue weighted by Crippen LogP contribution is -2.57. The summed E-state index contributed by atoms with van der Waals surface area (Å²) in [5.74, 6) is -1.13. The smallest absolute Gasteiger partial charge is 0.335 e. The molecule has 4 N–H and O–H groups in total. The summed E-state index contributed by atoms with van der Waals surface area (Å²) in [5, 5.41) is 9.29. The number of hydrogen-bond acceptors (Lipinski definition) is 6. The minimum absolute atomic E-state index is 0. The Hall–Kier alpha value is -3.82. The van der Waals surface area contributed by atoms with Gasteiger partial charge in [-0.2, -0.15) is 18.3 Å². The zero-order valence-corrected chi connectivity index (χ0v) is 25.5. The quantitative estimate of drug-likeness (QED) is 0.370. The van der Waals surface area contributed by atoms with Crippen molar-refractivity contribution in [1.29, 1.82) is 0 Å². The number of piperazine rings is 1. The third-order valence-corrected chi connectivity index (χ3v) is 7.95. The number of anilines is 1. The normalized spacial score (nSPS) is 18.3. The predicted molar refractivity (Wildman–Crippen MR) is 159 cm³/mol. The Balaban J connectivity index is 0.00000442. The molecule has 0 unspecified atom stereocenters. The van der Waals surface area contributed by atoms with E-state index in [9.17, 15) is 27.6 Å². The number of rotatable bonds is 6. The molecule has 1 aliphatic heterocycles. The number of imidazole rings is 1. The van der Waals surface area contributed by atoms with Gasteiger partial charge in [0.2, 0.25) is 0 Å². The van der Waals surface area contributed by atoms with Crippen LogP contribution >= 0.6 is 24.0 Å². The Morgan fingerprint density at radius 2 is 1.77 bits per heavy atom. The van der Waals surface area contributed by atoms with Gasteiger partial charge in [-0.25, -0.2) is 9.78 Å².